The SMILES string of the molecule is [CH-]=CC(=N[C](=[V])c1ncccn1)[C](=[V])SC(=[N-])C(=[CH-])C=N[CH]=[V].[V].[V].[V].[V].[V].[V].[V].[V].[V]. The van der Waals surface area contributed by atoms with Crippen molar-refractivity contribution in [2.75, 3.05) is 0 Å². The molecule has 32 heavy (non-hydrogen) atoms. The summed E-state index contributed by atoms with van der Waals surface area (Å²) in [7, 11) is 0. The van der Waals surface area contributed by atoms with Gasteiger partial charge in [0.15, 0.2) is 0 Å². The topological polar surface area (TPSA) is 72.8 Å². The summed E-state index contributed by atoms with van der Waals surface area (Å²) < 4.78 is 1.14. The van der Waals surface area contributed by atoms with Gasteiger partial charge in [0.1, 0.15) is 0 Å². The fourth-order valence-corrected chi connectivity index (χ4v) is 2.73. The van der Waals surface area contributed by atoms with E-state index in [1.54, 1.807) is 18.5 Å². The molecule has 1 aromatic heterocycles. The molecule has 0 fully saturated rings. The molecule has 0 aliphatic carbocycles. The fraction of sp³-hybridized carbons (Fsp3) is 0. The molecule has 0 saturated carbocycles. The monoisotopic (exact) mass is 889 g/mol. The second-order valence-electron chi connectivity index (χ2n) is 3.62. The molecule has 158 valence electrons. The van der Waals surface area contributed by atoms with E-state index in [2.05, 4.69) is 70.9 Å². The fourth-order valence-electron chi connectivity index (χ4n) is 1.11. The normalized spacial score (nSPS) is 7.84. The molecule has 0 unspecified atom stereocenters. The molecular weight excluding hydrogens is 882 g/mol. The first kappa shape index (κ1) is 60.9. The Morgan fingerprint density at radius 2 is 1.44 bits per heavy atom. The van der Waals surface area contributed by atoms with Gasteiger partial charge in [-0.25, -0.2) is 0 Å². The van der Waals surface area contributed by atoms with E-state index >= 15 is 0 Å². The summed E-state index contributed by atoms with van der Waals surface area (Å²) in [6.45, 7) is 11.3. The van der Waals surface area contributed by atoms with Gasteiger partial charge in [0.2, 0.25) is 0 Å². The van der Waals surface area contributed by atoms with Crippen LogP contribution in [0, 0.1) is 13.2 Å². The van der Waals surface area contributed by atoms with Crippen LogP contribution in [-0.2, 0) is 218 Å². The van der Waals surface area contributed by atoms with E-state index in [-0.39, 0.29) is 178 Å². The van der Waals surface area contributed by atoms with Crippen LogP contribution in [0.1, 0.15) is 5.82 Å². The Bertz CT molecular complexity index is 743. The third kappa shape index (κ3) is 26.2. The van der Waals surface area contributed by atoms with Gasteiger partial charge in [0.05, 0.1) is 0 Å². The summed E-state index contributed by atoms with van der Waals surface area (Å²) in [5.74, 6) is 0.472. The van der Waals surface area contributed by atoms with Crippen LogP contribution in [0.2, 0.25) is 0 Å². The van der Waals surface area contributed by atoms with Gasteiger partial charge in [-0.3, -0.25) is 0 Å². The van der Waals surface area contributed by atoms with Crippen molar-refractivity contribution in [2.45, 2.75) is 0 Å². The summed E-state index contributed by atoms with van der Waals surface area (Å²) in [6.07, 6.45) is 5.91. The van der Waals surface area contributed by atoms with E-state index in [0.29, 0.717) is 19.4 Å². The zero-order valence-electron chi connectivity index (χ0n) is 15.6. The van der Waals surface area contributed by atoms with Crippen LogP contribution < -0.4 is 0 Å². The molecule has 0 aromatic carbocycles. The Morgan fingerprint density at radius 3 is 1.84 bits per heavy atom. The van der Waals surface area contributed by atoms with Gasteiger partial charge in [-0.2, -0.15) is 0 Å². The third-order valence-electron chi connectivity index (χ3n) is 2.09. The number of hydrogen-bond donors (Lipinski definition) is 0. The standard InChI is InChI=1S/C14H8N5S.12V/c1-4-12(10-20-14(15)11(2)8-16-3)19-9-13-17-6-5-7-18-13;;;;;;;;;;;;/h1-8H;;;;;;;;;;;;/q-3;;;;;;;;;;;;. The second kappa shape index (κ2) is 37.7. The molecule has 0 bridgehead atoms. The quantitative estimate of drug-likeness (QED) is 0.223. The molecule has 0 atom stereocenters. The Kier molecular flexibility index (Phi) is 71.7. The molecule has 9 radical (unpaired) electrons. The van der Waals surface area contributed by atoms with Gasteiger partial charge in [-0.1, -0.05) is 0 Å². The minimum absolute atomic E-state index is 0. The summed E-state index contributed by atoms with van der Waals surface area (Å²) in [6, 6.07) is 1.72. The molecule has 1 aromatic rings. The van der Waals surface area contributed by atoms with Crippen molar-refractivity contribution in [1.29, 1.82) is 0 Å². The zero-order valence-corrected chi connectivity index (χ0v) is 33.2. The Morgan fingerprint density at radius 1 is 0.969 bits per heavy atom. The molecule has 5 nitrogen and oxygen atoms in total. The molecule has 0 aliphatic heterocycles. The Labute approximate surface area is 328 Å². The van der Waals surface area contributed by atoms with Crippen molar-refractivity contribution >= 4 is 41.5 Å². The summed E-state index contributed by atoms with van der Waals surface area (Å²) in [5, 5.41) is 9.84. The van der Waals surface area contributed by atoms with E-state index in [0.717, 1.165) is 11.8 Å². The predicted octanol–water partition coefficient (Wildman–Crippen LogP) is 1.02. The smallest absolute Gasteiger partial charge is 0 e. The van der Waals surface area contributed by atoms with Crippen molar-refractivity contribution < 1.29 is 218 Å². The molecule has 0 aliphatic rings. The first-order valence-corrected chi connectivity index (χ1v) is 8.90. The summed E-state index contributed by atoms with van der Waals surface area (Å²) in [5.41, 5.74) is 0.591. The van der Waals surface area contributed by atoms with E-state index < -0.39 is 0 Å². The van der Waals surface area contributed by atoms with Gasteiger partial charge >= 0.3 is 167 Å². The number of rotatable bonds is 8. The maximum Gasteiger partial charge on any atom is 0 e. The largest absolute Gasteiger partial charge is 0 e. The minimum atomic E-state index is -0.101. The van der Waals surface area contributed by atoms with Crippen molar-refractivity contribution in [3.05, 3.63) is 54.5 Å². The van der Waals surface area contributed by atoms with Crippen LogP contribution in [0.15, 0.2) is 40.1 Å². The molecule has 0 amide bonds. The Hall–Kier alpha value is 4.54. The number of aromatic nitrogens is 2. The average Bonchev–Trinajstić information content (AvgIpc) is 2.57. The molecule has 18 heteroatoms. The number of hydrogen-bond acceptors (Lipinski definition) is 5. The maximum absolute atomic E-state index is 9.94. The zero-order chi connectivity index (χ0) is 17.2. The van der Waals surface area contributed by atoms with Crippen LogP contribution in [0.4, 0.5) is 0 Å². The van der Waals surface area contributed by atoms with E-state index in [1.807, 2.05) is 0 Å². The Balaban J connectivity index is -0.0000000840. The van der Waals surface area contributed by atoms with Gasteiger partial charge < -0.3 is 0 Å². The minimum Gasteiger partial charge on any atom is 0 e. The second-order valence-corrected chi connectivity index (χ2v) is 6.83. The first-order chi connectivity index (χ1) is 11.0. The van der Waals surface area contributed by atoms with E-state index in [9.17, 15) is 5.41 Å². The molecular formula is C14H8N5SV12-3. The van der Waals surface area contributed by atoms with Crippen molar-refractivity contribution in [3.8, 4) is 0 Å². The number of aliphatic imine (C=N–C) groups is 2. The molecule has 0 saturated heterocycles. The van der Waals surface area contributed by atoms with Crippen molar-refractivity contribution in [2.24, 2.45) is 9.98 Å². The van der Waals surface area contributed by atoms with Crippen LogP contribution in [0.5, 0.6) is 0 Å². The molecule has 1 heterocycles. The number of allylic oxidation sites excluding steroid dienone is 1. The van der Waals surface area contributed by atoms with E-state index in [1.165, 1.54) is 17.1 Å². The number of nitrogens with zero attached hydrogens (tertiary/aromatic N) is 5. The van der Waals surface area contributed by atoms with E-state index in [4.69, 9.17) is 13.2 Å². The molecule has 0 spiro atoms. The average molecular weight is 890 g/mol. The maximum atomic E-state index is 9.94. The van der Waals surface area contributed by atoms with Crippen LogP contribution >= 0.6 is 11.8 Å². The summed E-state index contributed by atoms with van der Waals surface area (Å²) in [4.78, 5) is 17.9. The van der Waals surface area contributed by atoms with Crippen molar-refractivity contribution in [3.63, 3.8) is 0 Å². The van der Waals surface area contributed by atoms with Crippen LogP contribution in [0.25, 0.3) is 5.41 Å². The van der Waals surface area contributed by atoms with Gasteiger partial charge in [0.25, 0.3) is 0 Å². The van der Waals surface area contributed by atoms with Gasteiger partial charge in [-0.05, 0) is 0 Å². The van der Waals surface area contributed by atoms with Gasteiger partial charge in [-0.15, -0.1) is 0 Å². The predicted molar refractivity (Wildman–Crippen MR) is 85.8 cm³/mol. The molecule has 1 rings (SSSR count). The van der Waals surface area contributed by atoms with Crippen LogP contribution in [0.3, 0.4) is 0 Å². The van der Waals surface area contributed by atoms with Gasteiger partial charge in [0, 0.05) is 167 Å². The summed E-state index contributed by atoms with van der Waals surface area (Å²) >= 11 is 7.75. The first-order valence-electron chi connectivity index (χ1n) is 5.88. The molecule has 0 N–H and O–H groups in total. The van der Waals surface area contributed by atoms with Crippen molar-refractivity contribution in [1.82, 2.24) is 9.97 Å². The third-order valence-corrected chi connectivity index (χ3v) is 4.38. The number of thioether (sulfide) groups is 1. The van der Waals surface area contributed by atoms with Crippen LogP contribution in [-0.4, -0.2) is 39.7 Å².